The summed E-state index contributed by atoms with van der Waals surface area (Å²) in [6.45, 7) is 10.7. The van der Waals surface area contributed by atoms with E-state index in [-0.39, 0.29) is 18.6 Å². The summed E-state index contributed by atoms with van der Waals surface area (Å²) in [6.07, 6.45) is 2.97. The summed E-state index contributed by atoms with van der Waals surface area (Å²) in [6, 6.07) is 12.9. The van der Waals surface area contributed by atoms with Crippen molar-refractivity contribution >= 4 is 54.1 Å². The number of hydrogen-bond acceptors (Lipinski definition) is 6. The Bertz CT molecular complexity index is 790. The molecule has 0 saturated heterocycles. The first-order valence-electron chi connectivity index (χ1n) is 11.0. The van der Waals surface area contributed by atoms with Crippen LogP contribution in [-0.2, 0) is 14.4 Å². The molecule has 34 heavy (non-hydrogen) atoms. The zero-order valence-electron chi connectivity index (χ0n) is 20.5. The molecule has 0 aliphatic heterocycles. The topological polar surface area (TPSA) is 96.5 Å². The van der Waals surface area contributed by atoms with Gasteiger partial charge in [-0.05, 0) is 48.9 Å². The van der Waals surface area contributed by atoms with Gasteiger partial charge in [-0.3, -0.25) is 4.79 Å². The molecule has 3 N–H and O–H groups in total. The molecule has 0 radical (unpaired) electrons. The number of carbonyl (C=O) groups is 3. The van der Waals surface area contributed by atoms with Gasteiger partial charge in [0.15, 0.2) is 6.61 Å². The normalized spacial score (nSPS) is 9.94. The maximum Gasteiger partial charge on any atom is 0.258 e. The Labute approximate surface area is 213 Å². The minimum absolute atomic E-state index is 0.00262. The molecule has 7 nitrogen and oxygen atoms in total. The summed E-state index contributed by atoms with van der Waals surface area (Å²) >= 11 is 12.0. The van der Waals surface area contributed by atoms with Gasteiger partial charge in [0.25, 0.3) is 5.91 Å². The fourth-order valence-corrected chi connectivity index (χ4v) is 2.96. The zero-order chi connectivity index (χ0) is 26.4. The summed E-state index contributed by atoms with van der Waals surface area (Å²) in [4.78, 5) is 28.3. The molecule has 0 fully saturated rings. The molecule has 9 heteroatoms. The van der Waals surface area contributed by atoms with Crippen molar-refractivity contribution in [2.45, 2.75) is 46.1 Å². The Balaban J connectivity index is 0. The number of unbranched alkanes of at least 4 members (excludes halogenated alkanes) is 1. The molecular weight excluding hydrogens is 477 g/mol. The van der Waals surface area contributed by atoms with Gasteiger partial charge in [-0.1, -0.05) is 56.8 Å². The average molecular weight is 514 g/mol. The molecule has 0 saturated carbocycles. The Morgan fingerprint density at radius 3 is 2.09 bits per heavy atom. The Morgan fingerprint density at radius 1 is 0.971 bits per heavy atom. The maximum absolute atomic E-state index is 12.3. The Kier molecular flexibility index (Phi) is 21.7. The molecule has 1 amide bonds. The van der Waals surface area contributed by atoms with Crippen molar-refractivity contribution in [3.8, 4) is 5.75 Å². The first-order chi connectivity index (χ1) is 16.5. The van der Waals surface area contributed by atoms with Crippen LogP contribution in [0.1, 0.15) is 40.0 Å². The molecule has 190 valence electrons. The number of nitrogens with one attached hydrogen (secondary N) is 3. The number of halogens is 2. The number of rotatable bonds is 11. The smallest absolute Gasteiger partial charge is 0.258 e. The van der Waals surface area contributed by atoms with Crippen molar-refractivity contribution in [3.05, 3.63) is 52.5 Å². The third-order valence-corrected chi connectivity index (χ3v) is 5.00. The summed E-state index contributed by atoms with van der Waals surface area (Å²) in [5, 5.41) is 10.4. The molecule has 0 aliphatic rings. The van der Waals surface area contributed by atoms with Crippen molar-refractivity contribution < 1.29 is 19.1 Å². The summed E-state index contributed by atoms with van der Waals surface area (Å²) < 4.78 is 5.57. The van der Waals surface area contributed by atoms with Crippen LogP contribution in [0.2, 0.25) is 10.0 Å². The first kappa shape index (κ1) is 33.4. The molecule has 0 bridgehead atoms. The van der Waals surface area contributed by atoms with Gasteiger partial charge in [-0.15, -0.1) is 0 Å². The predicted octanol–water partition coefficient (Wildman–Crippen LogP) is 5.86. The van der Waals surface area contributed by atoms with Crippen molar-refractivity contribution in [2.75, 3.05) is 30.8 Å². The highest BCUT2D eigenvalue weighted by Gasteiger charge is 2.13. The van der Waals surface area contributed by atoms with Crippen molar-refractivity contribution in [1.29, 1.82) is 0 Å². The second-order valence-electron chi connectivity index (χ2n) is 6.48. The van der Waals surface area contributed by atoms with E-state index in [4.69, 9.17) is 37.5 Å². The van der Waals surface area contributed by atoms with Crippen molar-refractivity contribution in [1.82, 2.24) is 5.32 Å². The lowest BCUT2D eigenvalue weighted by Crippen LogP contribution is -2.42. The van der Waals surface area contributed by atoms with E-state index in [1.807, 2.05) is 64.8 Å². The Morgan fingerprint density at radius 2 is 1.56 bits per heavy atom. The van der Waals surface area contributed by atoms with Crippen molar-refractivity contribution in [3.63, 3.8) is 0 Å². The number of benzene rings is 2. The molecular formula is C25H37Cl2N3O4. The molecule has 0 spiro atoms. The van der Waals surface area contributed by atoms with E-state index in [1.54, 1.807) is 12.1 Å². The summed E-state index contributed by atoms with van der Waals surface area (Å²) in [5.41, 5.74) is 1.86. The second-order valence-corrected chi connectivity index (χ2v) is 7.29. The molecule has 0 aliphatic carbocycles. The number of carbonyl (C=O) groups excluding carboxylic acids is 3. The van der Waals surface area contributed by atoms with Gasteiger partial charge in [0.2, 0.25) is 0 Å². The minimum atomic E-state index is -0.144. The quantitative estimate of drug-likeness (QED) is 0.348. The molecule has 2 aromatic rings. The van der Waals surface area contributed by atoms with Gasteiger partial charge >= 0.3 is 0 Å². The van der Waals surface area contributed by atoms with Gasteiger partial charge in [0.05, 0.1) is 10.0 Å². The monoisotopic (exact) mass is 513 g/mol. The van der Waals surface area contributed by atoms with E-state index in [0.717, 1.165) is 30.6 Å². The lowest BCUT2D eigenvalue weighted by atomic mass is 10.1. The van der Waals surface area contributed by atoms with Crippen LogP contribution in [0.3, 0.4) is 0 Å². The minimum Gasteiger partial charge on any atom is -0.484 e. The third-order valence-electron chi connectivity index (χ3n) is 4.26. The van der Waals surface area contributed by atoms with Gasteiger partial charge in [0.1, 0.15) is 19.3 Å². The van der Waals surface area contributed by atoms with Crippen LogP contribution >= 0.6 is 23.2 Å². The molecule has 0 aromatic heterocycles. The summed E-state index contributed by atoms with van der Waals surface area (Å²) in [5.74, 6) is 0.517. The number of amides is 1. The van der Waals surface area contributed by atoms with E-state index in [1.165, 1.54) is 0 Å². The van der Waals surface area contributed by atoms with Crippen LogP contribution in [0.4, 0.5) is 11.4 Å². The van der Waals surface area contributed by atoms with Gasteiger partial charge in [-0.25, -0.2) is 0 Å². The van der Waals surface area contributed by atoms with Crippen molar-refractivity contribution in [2.24, 2.45) is 0 Å². The van der Waals surface area contributed by atoms with Crippen LogP contribution in [0.15, 0.2) is 42.5 Å². The zero-order valence-corrected chi connectivity index (χ0v) is 22.0. The second kappa shape index (κ2) is 22.0. The third kappa shape index (κ3) is 14.4. The molecule has 1 atom stereocenters. The standard InChI is InChI=1S/C21H27Cl2N3O2.C2H6.2CH2O/c1-3-4-5-17(13-25-16-8-11-19(22)20(23)12-16)26-21(27)14-28-18-9-6-15(24-2)7-10-18;3*1-2/h6-12,17,24-25H,3-5,13-14H2,1-2H3,(H,26,27);1-2H3;2*1H2/t17-;;;/m1.../s1. The van der Waals surface area contributed by atoms with E-state index < -0.39 is 0 Å². The fourth-order valence-electron chi connectivity index (χ4n) is 2.66. The molecule has 0 heterocycles. The summed E-state index contributed by atoms with van der Waals surface area (Å²) in [7, 11) is 1.85. The van der Waals surface area contributed by atoms with Crippen LogP contribution in [0.5, 0.6) is 5.75 Å². The Hall–Kier alpha value is -2.77. The highest BCUT2D eigenvalue weighted by atomic mass is 35.5. The van der Waals surface area contributed by atoms with Crippen LogP contribution in [-0.4, -0.2) is 45.7 Å². The number of hydrogen-bond donors (Lipinski definition) is 3. The predicted molar refractivity (Wildman–Crippen MR) is 143 cm³/mol. The lowest BCUT2D eigenvalue weighted by molar-refractivity contribution is -0.123. The van der Waals surface area contributed by atoms with Gasteiger partial charge in [-0.2, -0.15) is 0 Å². The van der Waals surface area contributed by atoms with Gasteiger partial charge in [0, 0.05) is 31.0 Å². The number of anilines is 2. The highest BCUT2D eigenvalue weighted by molar-refractivity contribution is 6.42. The van der Waals surface area contributed by atoms with Crippen LogP contribution in [0, 0.1) is 0 Å². The molecule has 2 aromatic carbocycles. The maximum atomic E-state index is 12.3. The van der Waals surface area contributed by atoms with E-state index in [0.29, 0.717) is 22.3 Å². The average Bonchev–Trinajstić information content (AvgIpc) is 2.90. The largest absolute Gasteiger partial charge is 0.484 e. The molecule has 0 unspecified atom stereocenters. The molecule has 2 rings (SSSR count). The number of ether oxygens (including phenoxy) is 1. The SMILES string of the molecule is C=O.C=O.CC.CCCC[C@H](CNc1ccc(Cl)c(Cl)c1)NC(=O)COc1ccc(NC)cc1. The lowest BCUT2D eigenvalue weighted by Gasteiger charge is -2.20. The van der Waals surface area contributed by atoms with Gasteiger partial charge < -0.3 is 30.3 Å². The van der Waals surface area contributed by atoms with E-state index in [9.17, 15) is 4.79 Å². The fraction of sp³-hybridized carbons (Fsp3) is 0.400. The van der Waals surface area contributed by atoms with E-state index >= 15 is 0 Å². The highest BCUT2D eigenvalue weighted by Crippen LogP contribution is 2.25. The van der Waals surface area contributed by atoms with Crippen LogP contribution in [0.25, 0.3) is 0 Å². The van der Waals surface area contributed by atoms with E-state index in [2.05, 4.69) is 22.9 Å². The first-order valence-corrected chi connectivity index (χ1v) is 11.7. The van der Waals surface area contributed by atoms with Crippen LogP contribution < -0.4 is 20.7 Å².